The van der Waals surface area contributed by atoms with Crippen LogP contribution in [0.2, 0.25) is 0 Å². The van der Waals surface area contributed by atoms with Crippen molar-refractivity contribution in [2.45, 2.75) is 0 Å². The molecule has 0 heterocycles. The van der Waals surface area contributed by atoms with Crippen molar-refractivity contribution in [3.8, 4) is 11.1 Å². The third-order valence-corrected chi connectivity index (χ3v) is 2.32. The van der Waals surface area contributed by atoms with E-state index in [1.807, 2.05) is 0 Å². The molecule has 0 spiro atoms. The minimum absolute atomic E-state index is 0.276. The minimum Gasteiger partial charge on any atom is -0.398 e. The first-order valence-electron chi connectivity index (χ1n) is 4.68. The highest BCUT2D eigenvalue weighted by atomic mass is 19.1. The van der Waals surface area contributed by atoms with E-state index in [9.17, 15) is 8.78 Å². The number of hydrogen-bond donors (Lipinski definition) is 2. The SMILES string of the molecule is Nc1cc(F)ccc1-c1ccc(F)cc1N. The summed E-state index contributed by atoms with van der Waals surface area (Å²) in [7, 11) is 0. The van der Waals surface area contributed by atoms with Gasteiger partial charge in [0.1, 0.15) is 11.6 Å². The molecule has 0 aliphatic heterocycles. The lowest BCUT2D eigenvalue weighted by Gasteiger charge is -2.08. The predicted molar refractivity (Wildman–Crippen MR) is 60.6 cm³/mol. The third-order valence-electron chi connectivity index (χ3n) is 2.32. The van der Waals surface area contributed by atoms with Crippen molar-refractivity contribution in [2.75, 3.05) is 11.5 Å². The molecule has 0 bridgehead atoms. The van der Waals surface area contributed by atoms with Gasteiger partial charge in [0, 0.05) is 22.5 Å². The van der Waals surface area contributed by atoms with E-state index in [2.05, 4.69) is 0 Å². The summed E-state index contributed by atoms with van der Waals surface area (Å²) in [6.07, 6.45) is 0. The Kier molecular flexibility index (Phi) is 2.48. The van der Waals surface area contributed by atoms with Gasteiger partial charge in [0.15, 0.2) is 0 Å². The molecule has 0 fully saturated rings. The number of nitrogen functional groups attached to an aromatic ring is 2. The first-order chi connectivity index (χ1) is 7.58. The van der Waals surface area contributed by atoms with Gasteiger partial charge in [-0.1, -0.05) is 0 Å². The summed E-state index contributed by atoms with van der Waals surface area (Å²) in [4.78, 5) is 0. The molecule has 2 rings (SSSR count). The van der Waals surface area contributed by atoms with Crippen LogP contribution in [-0.4, -0.2) is 0 Å². The normalized spacial score (nSPS) is 10.4. The maximum absolute atomic E-state index is 12.9. The van der Waals surface area contributed by atoms with E-state index in [-0.39, 0.29) is 11.4 Å². The molecule has 0 amide bonds. The van der Waals surface area contributed by atoms with Crippen molar-refractivity contribution >= 4 is 11.4 Å². The van der Waals surface area contributed by atoms with Crippen LogP contribution in [0, 0.1) is 11.6 Å². The molecule has 4 heteroatoms. The Morgan fingerprint density at radius 2 is 1.06 bits per heavy atom. The molecule has 4 N–H and O–H groups in total. The van der Waals surface area contributed by atoms with Gasteiger partial charge in [0.25, 0.3) is 0 Å². The molecular weight excluding hydrogens is 210 g/mol. The molecule has 0 aromatic heterocycles. The second kappa shape index (κ2) is 3.81. The van der Waals surface area contributed by atoms with Crippen molar-refractivity contribution in [3.63, 3.8) is 0 Å². The average Bonchev–Trinajstić information content (AvgIpc) is 2.19. The molecule has 82 valence electrons. The fourth-order valence-electron chi connectivity index (χ4n) is 1.56. The lowest BCUT2D eigenvalue weighted by Crippen LogP contribution is -1.95. The second-order valence-electron chi connectivity index (χ2n) is 3.46. The van der Waals surface area contributed by atoms with E-state index in [1.165, 1.54) is 36.4 Å². The molecule has 2 aromatic carbocycles. The van der Waals surface area contributed by atoms with Crippen LogP contribution in [-0.2, 0) is 0 Å². The molecular formula is C12H10F2N2. The van der Waals surface area contributed by atoms with E-state index in [0.29, 0.717) is 11.1 Å². The molecule has 0 saturated heterocycles. The van der Waals surface area contributed by atoms with Gasteiger partial charge in [-0.3, -0.25) is 0 Å². The Morgan fingerprint density at radius 3 is 1.38 bits per heavy atom. The van der Waals surface area contributed by atoms with Crippen LogP contribution in [0.1, 0.15) is 0 Å². The number of halogens is 2. The van der Waals surface area contributed by atoms with Crippen LogP contribution in [0.15, 0.2) is 36.4 Å². The lowest BCUT2D eigenvalue weighted by molar-refractivity contribution is 0.627. The highest BCUT2D eigenvalue weighted by Crippen LogP contribution is 2.31. The summed E-state index contributed by atoms with van der Waals surface area (Å²) in [5, 5.41) is 0. The van der Waals surface area contributed by atoms with Crippen molar-refractivity contribution < 1.29 is 8.78 Å². The Labute approximate surface area is 91.5 Å². The molecule has 0 saturated carbocycles. The van der Waals surface area contributed by atoms with Crippen molar-refractivity contribution in [2.24, 2.45) is 0 Å². The summed E-state index contributed by atoms with van der Waals surface area (Å²) in [5.41, 5.74) is 13.1. The van der Waals surface area contributed by atoms with Crippen LogP contribution < -0.4 is 11.5 Å². The number of benzene rings is 2. The van der Waals surface area contributed by atoms with Crippen LogP contribution >= 0.6 is 0 Å². The molecule has 0 atom stereocenters. The molecule has 2 nitrogen and oxygen atoms in total. The fourth-order valence-corrected chi connectivity index (χ4v) is 1.56. The van der Waals surface area contributed by atoms with Gasteiger partial charge < -0.3 is 11.5 Å². The fraction of sp³-hybridized carbons (Fsp3) is 0. The van der Waals surface area contributed by atoms with E-state index in [1.54, 1.807) is 0 Å². The number of rotatable bonds is 1. The standard InChI is InChI=1S/C12H10F2N2/c13-7-1-3-9(11(15)5-7)10-4-2-8(14)6-12(10)16/h1-6H,15-16H2. The van der Waals surface area contributed by atoms with Crippen LogP contribution in [0.25, 0.3) is 11.1 Å². The summed E-state index contributed by atoms with van der Waals surface area (Å²) < 4.78 is 25.7. The van der Waals surface area contributed by atoms with Gasteiger partial charge in [0.05, 0.1) is 0 Å². The Morgan fingerprint density at radius 1 is 0.688 bits per heavy atom. The first kappa shape index (κ1) is 10.4. The number of nitrogens with two attached hydrogens (primary N) is 2. The maximum Gasteiger partial charge on any atom is 0.125 e. The summed E-state index contributed by atoms with van der Waals surface area (Å²) in [6.45, 7) is 0. The van der Waals surface area contributed by atoms with Gasteiger partial charge in [-0.05, 0) is 36.4 Å². The minimum atomic E-state index is -0.415. The van der Waals surface area contributed by atoms with Gasteiger partial charge in [-0.15, -0.1) is 0 Å². The molecule has 2 aromatic rings. The predicted octanol–water partition coefficient (Wildman–Crippen LogP) is 2.80. The van der Waals surface area contributed by atoms with Crippen molar-refractivity contribution in [1.29, 1.82) is 0 Å². The zero-order valence-electron chi connectivity index (χ0n) is 8.37. The van der Waals surface area contributed by atoms with Gasteiger partial charge in [-0.2, -0.15) is 0 Å². The average molecular weight is 220 g/mol. The first-order valence-corrected chi connectivity index (χ1v) is 4.68. The molecule has 0 aliphatic rings. The summed E-state index contributed by atoms with van der Waals surface area (Å²) >= 11 is 0. The van der Waals surface area contributed by atoms with E-state index >= 15 is 0 Å². The van der Waals surface area contributed by atoms with Crippen molar-refractivity contribution in [3.05, 3.63) is 48.0 Å². The highest BCUT2D eigenvalue weighted by Gasteiger charge is 2.07. The summed E-state index contributed by atoms with van der Waals surface area (Å²) in [6, 6.07) is 8.03. The zero-order chi connectivity index (χ0) is 11.7. The number of anilines is 2. The van der Waals surface area contributed by atoms with Crippen LogP contribution in [0.4, 0.5) is 20.2 Å². The highest BCUT2D eigenvalue weighted by molar-refractivity contribution is 5.84. The zero-order valence-corrected chi connectivity index (χ0v) is 8.37. The van der Waals surface area contributed by atoms with E-state index < -0.39 is 11.6 Å². The molecule has 0 aliphatic carbocycles. The molecule has 0 radical (unpaired) electrons. The maximum atomic E-state index is 12.9. The van der Waals surface area contributed by atoms with Crippen molar-refractivity contribution in [1.82, 2.24) is 0 Å². The lowest BCUT2D eigenvalue weighted by atomic mass is 10.0. The summed E-state index contributed by atoms with van der Waals surface area (Å²) in [5.74, 6) is -0.830. The molecule has 0 unspecified atom stereocenters. The monoisotopic (exact) mass is 220 g/mol. The smallest absolute Gasteiger partial charge is 0.125 e. The van der Waals surface area contributed by atoms with E-state index in [0.717, 1.165) is 0 Å². The third kappa shape index (κ3) is 1.82. The second-order valence-corrected chi connectivity index (χ2v) is 3.46. The topological polar surface area (TPSA) is 52.0 Å². The van der Waals surface area contributed by atoms with Crippen LogP contribution in [0.3, 0.4) is 0 Å². The Hall–Kier alpha value is -2.10. The van der Waals surface area contributed by atoms with Gasteiger partial charge in [0.2, 0.25) is 0 Å². The largest absolute Gasteiger partial charge is 0.398 e. The van der Waals surface area contributed by atoms with Gasteiger partial charge >= 0.3 is 0 Å². The Balaban J connectivity index is 2.59. The van der Waals surface area contributed by atoms with Gasteiger partial charge in [-0.25, -0.2) is 8.78 Å². The Bertz CT molecular complexity index is 489. The molecule has 16 heavy (non-hydrogen) atoms. The quantitative estimate of drug-likeness (QED) is 0.726. The number of hydrogen-bond acceptors (Lipinski definition) is 2. The van der Waals surface area contributed by atoms with Crippen LogP contribution in [0.5, 0.6) is 0 Å². The van der Waals surface area contributed by atoms with E-state index in [4.69, 9.17) is 11.5 Å².